The number of amides is 2. The molecule has 0 spiro atoms. The van der Waals surface area contributed by atoms with E-state index < -0.39 is 23.6 Å². The first-order valence-corrected chi connectivity index (χ1v) is 8.02. The van der Waals surface area contributed by atoms with Crippen molar-refractivity contribution in [1.82, 2.24) is 20.1 Å². The summed E-state index contributed by atoms with van der Waals surface area (Å²) in [7, 11) is 0. The van der Waals surface area contributed by atoms with Crippen LogP contribution in [0.25, 0.3) is 5.69 Å². The Kier molecular flexibility index (Phi) is 5.43. The van der Waals surface area contributed by atoms with Gasteiger partial charge in [-0.1, -0.05) is 0 Å². The number of aromatic nitrogens is 3. The monoisotopic (exact) mass is 393 g/mol. The number of benzene rings is 1. The zero-order chi connectivity index (χ0) is 20.1. The van der Waals surface area contributed by atoms with Crippen LogP contribution in [0.2, 0.25) is 0 Å². The number of halogens is 3. The quantitative estimate of drug-likeness (QED) is 0.670. The topological polar surface area (TPSA) is 102 Å². The smallest absolute Gasteiger partial charge is 0.416 e. The Labute approximate surface area is 156 Å². The number of carbonyl (C=O) groups is 2. The van der Waals surface area contributed by atoms with E-state index in [2.05, 4.69) is 20.7 Å². The summed E-state index contributed by atoms with van der Waals surface area (Å²) >= 11 is 0. The molecule has 0 saturated heterocycles. The fourth-order valence-corrected chi connectivity index (χ4v) is 2.34. The third-order valence-corrected chi connectivity index (χ3v) is 3.65. The second kappa shape index (κ2) is 7.94. The molecule has 0 atom stereocenters. The van der Waals surface area contributed by atoms with Crippen molar-refractivity contribution in [3.63, 3.8) is 0 Å². The highest BCUT2D eigenvalue weighted by molar-refractivity contribution is 5.94. The Morgan fingerprint density at radius 1 is 1.21 bits per heavy atom. The number of hydrogen-bond donors (Lipinski definition) is 2. The molecule has 1 aromatic carbocycles. The van der Waals surface area contributed by atoms with Crippen molar-refractivity contribution in [3.8, 4) is 5.69 Å². The van der Waals surface area contributed by atoms with Crippen molar-refractivity contribution >= 4 is 17.5 Å². The zero-order valence-corrected chi connectivity index (χ0v) is 14.2. The summed E-state index contributed by atoms with van der Waals surface area (Å²) in [4.78, 5) is 27.6. The first-order chi connectivity index (χ1) is 13.3. The molecule has 3 aromatic rings. The lowest BCUT2D eigenvalue weighted by Crippen LogP contribution is -2.27. The molecule has 0 aliphatic rings. The number of nitrogens with zero attached hydrogens (tertiary/aromatic N) is 3. The minimum absolute atomic E-state index is 0.0248. The summed E-state index contributed by atoms with van der Waals surface area (Å²) in [6, 6.07) is 5.89. The third kappa shape index (κ3) is 4.55. The molecule has 0 bridgehead atoms. The van der Waals surface area contributed by atoms with E-state index in [0.29, 0.717) is 0 Å². The maximum Gasteiger partial charge on any atom is 0.416 e. The van der Waals surface area contributed by atoms with Crippen LogP contribution < -0.4 is 10.6 Å². The second-order valence-corrected chi connectivity index (χ2v) is 5.60. The molecule has 0 fully saturated rings. The lowest BCUT2D eigenvalue weighted by Gasteiger charge is -2.14. The molecule has 0 aliphatic heterocycles. The highest BCUT2D eigenvalue weighted by Gasteiger charge is 2.31. The van der Waals surface area contributed by atoms with Crippen molar-refractivity contribution in [1.29, 1.82) is 0 Å². The standard InChI is InChI=1S/C17H14F3N5O3/c18-17(19,20)11-3-4-13(25-10-21-9-23-25)12(8-11)24-15(26)5-6-22-16(27)14-2-1-7-28-14/h1-4,7-10H,5-6H2,(H,22,27)(H,24,26). The van der Waals surface area contributed by atoms with E-state index >= 15 is 0 Å². The van der Waals surface area contributed by atoms with Crippen molar-refractivity contribution in [2.45, 2.75) is 12.6 Å². The van der Waals surface area contributed by atoms with Crippen molar-refractivity contribution in [2.24, 2.45) is 0 Å². The van der Waals surface area contributed by atoms with Crippen LogP contribution in [0.4, 0.5) is 18.9 Å². The molecule has 8 nitrogen and oxygen atoms in total. The van der Waals surface area contributed by atoms with Gasteiger partial charge in [0, 0.05) is 13.0 Å². The molecule has 28 heavy (non-hydrogen) atoms. The number of hydrogen-bond acceptors (Lipinski definition) is 5. The number of rotatable bonds is 6. The van der Waals surface area contributed by atoms with E-state index in [9.17, 15) is 22.8 Å². The second-order valence-electron chi connectivity index (χ2n) is 5.60. The summed E-state index contributed by atoms with van der Waals surface area (Å²) in [5.41, 5.74) is -0.779. The van der Waals surface area contributed by atoms with Crippen molar-refractivity contribution in [2.75, 3.05) is 11.9 Å². The molecule has 0 radical (unpaired) electrons. The van der Waals surface area contributed by atoms with Crippen LogP contribution >= 0.6 is 0 Å². The first kappa shape index (κ1) is 19.1. The average molecular weight is 393 g/mol. The Balaban J connectivity index is 1.69. The van der Waals surface area contributed by atoms with Crippen LogP contribution in [-0.4, -0.2) is 33.1 Å². The lowest BCUT2D eigenvalue weighted by molar-refractivity contribution is -0.137. The van der Waals surface area contributed by atoms with Gasteiger partial charge in [0.25, 0.3) is 5.91 Å². The van der Waals surface area contributed by atoms with Gasteiger partial charge in [-0.25, -0.2) is 9.67 Å². The summed E-state index contributed by atoms with van der Waals surface area (Å²) < 4.78 is 45.2. The van der Waals surface area contributed by atoms with Crippen LogP contribution in [-0.2, 0) is 11.0 Å². The fraction of sp³-hybridized carbons (Fsp3) is 0.176. The van der Waals surface area contributed by atoms with E-state index in [1.54, 1.807) is 6.07 Å². The SMILES string of the molecule is O=C(CCNC(=O)c1ccco1)Nc1cc(C(F)(F)F)ccc1-n1cncn1. The van der Waals surface area contributed by atoms with Crippen molar-refractivity contribution in [3.05, 3.63) is 60.6 Å². The molecular formula is C17H14F3N5O3. The molecule has 2 heterocycles. The molecule has 146 valence electrons. The zero-order valence-electron chi connectivity index (χ0n) is 14.2. The maximum atomic E-state index is 13.0. The minimum Gasteiger partial charge on any atom is -0.459 e. The largest absolute Gasteiger partial charge is 0.459 e. The summed E-state index contributed by atoms with van der Waals surface area (Å²) in [5, 5.41) is 8.76. The van der Waals surface area contributed by atoms with Crippen LogP contribution in [0, 0.1) is 0 Å². The Morgan fingerprint density at radius 3 is 2.68 bits per heavy atom. The van der Waals surface area contributed by atoms with Gasteiger partial charge in [0.1, 0.15) is 12.7 Å². The predicted octanol–water partition coefficient (Wildman–Crippen LogP) is 2.64. The van der Waals surface area contributed by atoms with E-state index in [-0.39, 0.29) is 30.1 Å². The minimum atomic E-state index is -4.57. The van der Waals surface area contributed by atoms with Crippen LogP contribution in [0.5, 0.6) is 0 Å². The summed E-state index contributed by atoms with van der Waals surface area (Å²) in [6.07, 6.45) is -0.882. The normalized spacial score (nSPS) is 11.2. The molecule has 2 aromatic heterocycles. The van der Waals surface area contributed by atoms with Gasteiger partial charge < -0.3 is 15.1 Å². The Morgan fingerprint density at radius 2 is 2.04 bits per heavy atom. The van der Waals surface area contributed by atoms with Crippen LogP contribution in [0.15, 0.2) is 53.7 Å². The average Bonchev–Trinajstić information content (AvgIpc) is 3.35. The molecule has 0 unspecified atom stereocenters. The first-order valence-electron chi connectivity index (χ1n) is 8.02. The number of nitrogens with one attached hydrogen (secondary N) is 2. The van der Waals surface area contributed by atoms with Gasteiger partial charge in [0.15, 0.2) is 5.76 Å². The number of alkyl halides is 3. The maximum absolute atomic E-state index is 13.0. The van der Waals surface area contributed by atoms with Gasteiger partial charge in [-0.15, -0.1) is 0 Å². The van der Waals surface area contributed by atoms with Crippen molar-refractivity contribution < 1.29 is 27.2 Å². The van der Waals surface area contributed by atoms with E-state index in [0.717, 1.165) is 12.1 Å². The summed E-state index contributed by atoms with van der Waals surface area (Å²) in [5.74, 6) is -0.993. The van der Waals surface area contributed by atoms with Gasteiger partial charge in [-0.05, 0) is 30.3 Å². The number of carbonyl (C=O) groups excluding carboxylic acids is 2. The van der Waals surface area contributed by atoms with E-state index in [1.165, 1.54) is 35.7 Å². The number of furan rings is 1. The highest BCUT2D eigenvalue weighted by atomic mass is 19.4. The molecule has 11 heteroatoms. The molecular weight excluding hydrogens is 379 g/mol. The third-order valence-electron chi connectivity index (χ3n) is 3.65. The fourth-order valence-electron chi connectivity index (χ4n) is 2.34. The molecule has 0 saturated carbocycles. The van der Waals surface area contributed by atoms with Gasteiger partial charge in [-0.2, -0.15) is 18.3 Å². The Bertz CT molecular complexity index is 953. The van der Waals surface area contributed by atoms with E-state index in [1.807, 2.05) is 0 Å². The molecule has 0 aliphatic carbocycles. The van der Waals surface area contributed by atoms with Crippen LogP contribution in [0.1, 0.15) is 22.5 Å². The Hall–Kier alpha value is -3.63. The van der Waals surface area contributed by atoms with Gasteiger partial charge in [0.05, 0.1) is 23.2 Å². The van der Waals surface area contributed by atoms with E-state index in [4.69, 9.17) is 4.42 Å². The van der Waals surface area contributed by atoms with Crippen LogP contribution in [0.3, 0.4) is 0 Å². The van der Waals surface area contributed by atoms with Gasteiger partial charge in [0.2, 0.25) is 5.91 Å². The van der Waals surface area contributed by atoms with Gasteiger partial charge in [-0.3, -0.25) is 9.59 Å². The lowest BCUT2D eigenvalue weighted by atomic mass is 10.1. The number of anilines is 1. The molecule has 2 N–H and O–H groups in total. The molecule has 2 amide bonds. The van der Waals surface area contributed by atoms with Gasteiger partial charge >= 0.3 is 6.18 Å². The molecule has 3 rings (SSSR count). The summed E-state index contributed by atoms with van der Waals surface area (Å²) in [6.45, 7) is -0.0248. The predicted molar refractivity (Wildman–Crippen MR) is 90.6 cm³/mol. The highest BCUT2D eigenvalue weighted by Crippen LogP contribution is 2.33.